The van der Waals surface area contributed by atoms with Crippen molar-refractivity contribution < 1.29 is 14.5 Å². The van der Waals surface area contributed by atoms with E-state index in [0.717, 1.165) is 5.56 Å². The van der Waals surface area contributed by atoms with E-state index < -0.39 is 4.92 Å². The van der Waals surface area contributed by atoms with E-state index in [4.69, 9.17) is 4.74 Å². The van der Waals surface area contributed by atoms with Gasteiger partial charge in [0.05, 0.1) is 6.61 Å². The zero-order chi connectivity index (χ0) is 12.3. The number of rotatable bonds is 3. The minimum absolute atomic E-state index is 0.0744. The van der Waals surface area contributed by atoms with E-state index >= 15 is 0 Å². The fourth-order valence-electron chi connectivity index (χ4n) is 1.56. The summed E-state index contributed by atoms with van der Waals surface area (Å²) in [5, 5.41) is 10.4. The largest absolute Gasteiger partial charge is 0.370 e. The van der Waals surface area contributed by atoms with Crippen LogP contribution in [0.5, 0.6) is 0 Å². The van der Waals surface area contributed by atoms with Gasteiger partial charge in [-0.1, -0.05) is 0 Å². The molecule has 7 nitrogen and oxygen atoms in total. The molecule has 17 heavy (non-hydrogen) atoms. The van der Waals surface area contributed by atoms with Crippen LogP contribution in [-0.4, -0.2) is 40.5 Å². The molecule has 0 unspecified atom stereocenters. The first-order valence-corrected chi connectivity index (χ1v) is 5.11. The number of nitrogens with zero attached hydrogens (tertiary/aromatic N) is 3. The van der Waals surface area contributed by atoms with Gasteiger partial charge in [0.2, 0.25) is 5.91 Å². The fourth-order valence-corrected chi connectivity index (χ4v) is 1.56. The van der Waals surface area contributed by atoms with Crippen LogP contribution in [0.2, 0.25) is 0 Å². The van der Waals surface area contributed by atoms with Crippen molar-refractivity contribution in [3.05, 3.63) is 34.0 Å². The van der Waals surface area contributed by atoms with Gasteiger partial charge in [0, 0.05) is 24.7 Å². The molecule has 1 amide bonds. The van der Waals surface area contributed by atoms with Gasteiger partial charge >= 0.3 is 5.82 Å². The maximum Gasteiger partial charge on any atom is 0.363 e. The molecular weight excluding hydrogens is 226 g/mol. The lowest BCUT2D eigenvalue weighted by atomic mass is 10.2. The molecule has 0 atom stereocenters. The van der Waals surface area contributed by atoms with Crippen LogP contribution < -0.4 is 0 Å². The molecule has 0 aromatic carbocycles. The van der Waals surface area contributed by atoms with Crippen molar-refractivity contribution >= 4 is 11.7 Å². The number of amides is 1. The van der Waals surface area contributed by atoms with Crippen molar-refractivity contribution in [3.8, 4) is 0 Å². The zero-order valence-electron chi connectivity index (χ0n) is 9.04. The Morgan fingerprint density at radius 2 is 2.35 bits per heavy atom. The Kier molecular flexibility index (Phi) is 3.29. The van der Waals surface area contributed by atoms with Crippen LogP contribution in [0.1, 0.15) is 5.56 Å². The molecule has 1 aliphatic rings. The lowest BCUT2D eigenvalue weighted by Crippen LogP contribution is -2.40. The number of carbonyl (C=O) groups excluding carboxylic acids is 1. The number of carbonyl (C=O) groups is 1. The molecule has 0 saturated carbocycles. The number of morpholine rings is 1. The maximum absolute atomic E-state index is 11.4. The molecule has 1 aromatic heterocycles. The summed E-state index contributed by atoms with van der Waals surface area (Å²) in [4.78, 5) is 26.7. The molecule has 1 aromatic rings. The Morgan fingerprint density at radius 3 is 2.94 bits per heavy atom. The lowest BCUT2D eigenvalue weighted by Gasteiger charge is -2.26. The van der Waals surface area contributed by atoms with Crippen molar-refractivity contribution in [1.82, 2.24) is 9.88 Å². The second-order valence-corrected chi connectivity index (χ2v) is 3.65. The topological polar surface area (TPSA) is 85.6 Å². The molecule has 2 heterocycles. The summed E-state index contributed by atoms with van der Waals surface area (Å²) in [6.45, 7) is 1.57. The van der Waals surface area contributed by atoms with E-state index in [1.807, 2.05) is 0 Å². The third kappa shape index (κ3) is 2.76. The second kappa shape index (κ2) is 4.88. The molecular formula is C10H11N3O4. The molecule has 0 aliphatic carbocycles. The van der Waals surface area contributed by atoms with Gasteiger partial charge in [-0.15, -0.1) is 0 Å². The van der Waals surface area contributed by atoms with Crippen LogP contribution in [0.4, 0.5) is 5.82 Å². The first-order chi connectivity index (χ1) is 8.16. The number of hydrogen-bond donors (Lipinski definition) is 0. The Hall–Kier alpha value is -2.02. The van der Waals surface area contributed by atoms with E-state index in [1.165, 1.54) is 12.3 Å². The highest BCUT2D eigenvalue weighted by atomic mass is 16.6. The number of pyridine rings is 1. The zero-order valence-corrected chi connectivity index (χ0v) is 9.04. The van der Waals surface area contributed by atoms with E-state index in [-0.39, 0.29) is 18.3 Å². The Morgan fingerprint density at radius 1 is 1.53 bits per heavy atom. The van der Waals surface area contributed by atoms with Crippen molar-refractivity contribution in [3.63, 3.8) is 0 Å². The predicted molar refractivity (Wildman–Crippen MR) is 57.1 cm³/mol. The molecule has 90 valence electrons. The predicted octanol–water partition coefficient (Wildman–Crippen LogP) is 0.349. The van der Waals surface area contributed by atoms with E-state index in [1.54, 1.807) is 11.0 Å². The number of nitro groups is 1. The molecule has 0 bridgehead atoms. The third-order valence-corrected chi connectivity index (χ3v) is 2.45. The summed E-state index contributed by atoms with van der Waals surface area (Å²) >= 11 is 0. The molecule has 0 radical (unpaired) electrons. The first kappa shape index (κ1) is 11.5. The average Bonchev–Trinajstić information content (AvgIpc) is 2.33. The summed E-state index contributed by atoms with van der Waals surface area (Å²) in [5.74, 6) is -0.267. The van der Waals surface area contributed by atoms with Crippen LogP contribution in [0.15, 0.2) is 18.3 Å². The van der Waals surface area contributed by atoms with Crippen LogP contribution in [-0.2, 0) is 16.1 Å². The Labute approximate surface area is 97.2 Å². The van der Waals surface area contributed by atoms with Gasteiger partial charge in [-0.05, 0) is 16.0 Å². The lowest BCUT2D eigenvalue weighted by molar-refractivity contribution is -0.389. The van der Waals surface area contributed by atoms with E-state index in [0.29, 0.717) is 19.7 Å². The Bertz CT molecular complexity index is 432. The van der Waals surface area contributed by atoms with Gasteiger partial charge in [-0.25, -0.2) is 0 Å². The smallest absolute Gasteiger partial charge is 0.363 e. The Balaban J connectivity index is 2.03. The van der Waals surface area contributed by atoms with Crippen LogP contribution >= 0.6 is 0 Å². The quantitative estimate of drug-likeness (QED) is 0.559. The van der Waals surface area contributed by atoms with Gasteiger partial charge in [-0.2, -0.15) is 0 Å². The van der Waals surface area contributed by atoms with E-state index in [2.05, 4.69) is 4.98 Å². The highest BCUT2D eigenvalue weighted by Crippen LogP contribution is 2.11. The fraction of sp³-hybridized carbons (Fsp3) is 0.400. The molecule has 7 heteroatoms. The minimum atomic E-state index is -0.552. The molecule has 2 rings (SSSR count). The SMILES string of the molecule is O=C1COCCN1Cc1ccc([N+](=O)[O-])nc1. The second-order valence-electron chi connectivity index (χ2n) is 3.65. The van der Waals surface area contributed by atoms with Crippen molar-refractivity contribution in [1.29, 1.82) is 0 Å². The van der Waals surface area contributed by atoms with Crippen LogP contribution in [0.3, 0.4) is 0 Å². The summed E-state index contributed by atoms with van der Waals surface area (Å²) in [7, 11) is 0. The normalized spacial score (nSPS) is 16.0. The standard InChI is InChI=1S/C10H11N3O4/c14-10-7-17-4-3-12(10)6-8-1-2-9(11-5-8)13(15)16/h1-2,5H,3-4,6-7H2. The molecule has 0 spiro atoms. The van der Waals surface area contributed by atoms with Crippen molar-refractivity contribution in [2.24, 2.45) is 0 Å². The number of hydrogen-bond acceptors (Lipinski definition) is 5. The average molecular weight is 237 g/mol. The van der Waals surface area contributed by atoms with Gasteiger partial charge in [-0.3, -0.25) is 4.79 Å². The molecule has 1 fully saturated rings. The monoisotopic (exact) mass is 237 g/mol. The first-order valence-electron chi connectivity index (χ1n) is 5.11. The van der Waals surface area contributed by atoms with Gasteiger partial charge in [0.1, 0.15) is 12.8 Å². The highest BCUT2D eigenvalue weighted by molar-refractivity contribution is 5.77. The molecule has 1 saturated heterocycles. The van der Waals surface area contributed by atoms with Crippen LogP contribution in [0, 0.1) is 10.1 Å². The van der Waals surface area contributed by atoms with E-state index in [9.17, 15) is 14.9 Å². The van der Waals surface area contributed by atoms with Crippen LogP contribution in [0.25, 0.3) is 0 Å². The third-order valence-electron chi connectivity index (χ3n) is 2.45. The summed E-state index contributed by atoms with van der Waals surface area (Å²) in [6, 6.07) is 2.94. The summed E-state index contributed by atoms with van der Waals surface area (Å²) < 4.78 is 5.00. The summed E-state index contributed by atoms with van der Waals surface area (Å²) in [6.07, 6.45) is 1.42. The number of aromatic nitrogens is 1. The van der Waals surface area contributed by atoms with Gasteiger partial charge in [0.15, 0.2) is 0 Å². The molecule has 1 aliphatic heterocycles. The summed E-state index contributed by atoms with van der Waals surface area (Å²) in [5.41, 5.74) is 0.769. The van der Waals surface area contributed by atoms with Crippen molar-refractivity contribution in [2.75, 3.05) is 19.8 Å². The number of ether oxygens (including phenoxy) is 1. The highest BCUT2D eigenvalue weighted by Gasteiger charge is 2.19. The van der Waals surface area contributed by atoms with Gasteiger partial charge < -0.3 is 19.8 Å². The maximum atomic E-state index is 11.4. The molecule has 0 N–H and O–H groups in total. The van der Waals surface area contributed by atoms with Gasteiger partial charge in [0.25, 0.3) is 0 Å². The van der Waals surface area contributed by atoms with Crippen molar-refractivity contribution in [2.45, 2.75) is 6.54 Å². The minimum Gasteiger partial charge on any atom is -0.370 e.